The normalized spacial score (nSPS) is 15.2. The van der Waals surface area contributed by atoms with Gasteiger partial charge in [0.05, 0.1) is 16.6 Å². The summed E-state index contributed by atoms with van der Waals surface area (Å²) in [6.07, 6.45) is 3.84. The molecule has 2 aromatic heterocycles. The lowest BCUT2D eigenvalue weighted by atomic mass is 10.3. The summed E-state index contributed by atoms with van der Waals surface area (Å²) in [6.45, 7) is 4.42. The number of nitrogens with zero attached hydrogens (tertiary/aromatic N) is 4. The van der Waals surface area contributed by atoms with Crippen LogP contribution in [-0.2, 0) is 4.74 Å². The minimum absolute atomic E-state index is 0.0113. The Morgan fingerprint density at radius 1 is 1.11 bits per heavy atom. The predicted octanol–water partition coefficient (Wildman–Crippen LogP) is 2.75. The molecule has 4 rings (SSSR count). The van der Waals surface area contributed by atoms with Gasteiger partial charge in [-0.2, -0.15) is 0 Å². The Morgan fingerprint density at radius 3 is 2.86 bits per heavy atom. The predicted molar refractivity (Wildman–Crippen MR) is 111 cm³/mol. The van der Waals surface area contributed by atoms with E-state index in [0.29, 0.717) is 19.7 Å². The van der Waals surface area contributed by atoms with E-state index >= 15 is 0 Å². The number of ether oxygens (including phenoxy) is 1. The number of fused-ring (bicyclic) bond motifs is 3. The van der Waals surface area contributed by atoms with E-state index in [-0.39, 0.29) is 6.03 Å². The monoisotopic (exact) mass is 381 g/mol. The fourth-order valence-corrected chi connectivity index (χ4v) is 3.80. The summed E-state index contributed by atoms with van der Waals surface area (Å²) in [5.74, 6) is 0.992. The Kier molecular flexibility index (Phi) is 5.62. The number of benzene rings is 1. The molecule has 2 amide bonds. The van der Waals surface area contributed by atoms with Crippen molar-refractivity contribution in [3.05, 3.63) is 42.6 Å². The van der Waals surface area contributed by atoms with E-state index in [2.05, 4.69) is 45.1 Å². The van der Waals surface area contributed by atoms with E-state index in [1.165, 1.54) is 0 Å². The zero-order chi connectivity index (χ0) is 19.3. The first kappa shape index (κ1) is 18.6. The van der Waals surface area contributed by atoms with Gasteiger partial charge < -0.3 is 24.3 Å². The van der Waals surface area contributed by atoms with Crippen LogP contribution in [0.25, 0.3) is 16.6 Å². The molecule has 7 heteroatoms. The number of nitrogens with one attached hydrogen (secondary N) is 1. The molecule has 0 bridgehead atoms. The molecular weight excluding hydrogens is 354 g/mol. The number of anilines is 1. The van der Waals surface area contributed by atoms with E-state index in [1.54, 1.807) is 7.11 Å². The van der Waals surface area contributed by atoms with Crippen molar-refractivity contribution < 1.29 is 9.53 Å². The second kappa shape index (κ2) is 8.48. The Bertz CT molecular complexity index is 954. The third-order valence-electron chi connectivity index (χ3n) is 5.23. The van der Waals surface area contributed by atoms with Crippen LogP contribution >= 0.6 is 0 Å². The molecule has 1 aliphatic heterocycles. The Hall–Kier alpha value is -2.80. The number of hydrogen-bond donors (Lipinski definition) is 1. The third-order valence-corrected chi connectivity index (χ3v) is 5.23. The Morgan fingerprint density at radius 2 is 1.96 bits per heavy atom. The molecule has 1 aromatic carbocycles. The summed E-state index contributed by atoms with van der Waals surface area (Å²) in [5, 5.41) is 2.99. The van der Waals surface area contributed by atoms with Gasteiger partial charge in [-0.15, -0.1) is 0 Å². The number of para-hydroxylation sites is 2. The molecule has 148 valence electrons. The number of methoxy groups -OCH3 is 1. The van der Waals surface area contributed by atoms with Crippen molar-refractivity contribution in [2.75, 3.05) is 51.3 Å². The first-order valence-corrected chi connectivity index (χ1v) is 9.90. The topological polar surface area (TPSA) is 62.1 Å². The summed E-state index contributed by atoms with van der Waals surface area (Å²) in [5.41, 5.74) is 3.20. The quantitative estimate of drug-likeness (QED) is 0.691. The van der Waals surface area contributed by atoms with Gasteiger partial charge in [0.1, 0.15) is 0 Å². The van der Waals surface area contributed by atoms with E-state index < -0.39 is 0 Å². The SMILES string of the molecule is COCCCNC(=O)N1CCCN(c2nc3ccccc3n3cccc23)CC1. The van der Waals surface area contributed by atoms with Crippen molar-refractivity contribution in [1.82, 2.24) is 19.6 Å². The Labute approximate surface area is 164 Å². The van der Waals surface area contributed by atoms with Crippen LogP contribution in [0, 0.1) is 0 Å². The highest BCUT2D eigenvalue weighted by Gasteiger charge is 2.21. The molecule has 1 aliphatic rings. The minimum Gasteiger partial charge on any atom is -0.385 e. The molecule has 28 heavy (non-hydrogen) atoms. The van der Waals surface area contributed by atoms with Crippen LogP contribution in [0.2, 0.25) is 0 Å². The highest BCUT2D eigenvalue weighted by Crippen LogP contribution is 2.26. The van der Waals surface area contributed by atoms with Gasteiger partial charge in [-0.3, -0.25) is 0 Å². The average molecular weight is 381 g/mol. The van der Waals surface area contributed by atoms with Gasteiger partial charge in [0.25, 0.3) is 0 Å². The van der Waals surface area contributed by atoms with E-state index in [9.17, 15) is 4.79 Å². The maximum absolute atomic E-state index is 12.4. The molecule has 0 atom stereocenters. The van der Waals surface area contributed by atoms with Crippen molar-refractivity contribution in [3.8, 4) is 0 Å². The molecule has 3 heterocycles. The van der Waals surface area contributed by atoms with Gasteiger partial charge in [0.2, 0.25) is 0 Å². The number of rotatable bonds is 5. The maximum atomic E-state index is 12.4. The van der Waals surface area contributed by atoms with E-state index in [1.807, 2.05) is 17.0 Å². The van der Waals surface area contributed by atoms with Crippen LogP contribution in [0.4, 0.5) is 10.6 Å². The van der Waals surface area contributed by atoms with Gasteiger partial charge in [-0.25, -0.2) is 9.78 Å². The summed E-state index contributed by atoms with van der Waals surface area (Å²) in [4.78, 5) is 21.6. The molecule has 0 unspecified atom stereocenters. The standard InChI is InChI=1S/C21H27N5O2/c1-28-16-5-10-22-21(27)25-12-6-11-24(14-15-25)20-19-9-4-13-26(19)18-8-3-2-7-17(18)23-20/h2-4,7-9,13H,5-6,10-12,14-16H2,1H3,(H,22,27). The van der Waals surface area contributed by atoms with Gasteiger partial charge in [-0.1, -0.05) is 12.1 Å². The van der Waals surface area contributed by atoms with Crippen LogP contribution in [0.15, 0.2) is 42.6 Å². The van der Waals surface area contributed by atoms with Gasteiger partial charge in [0, 0.05) is 52.6 Å². The average Bonchev–Trinajstić information content (AvgIpc) is 3.09. The van der Waals surface area contributed by atoms with E-state index in [0.717, 1.165) is 54.8 Å². The lowest BCUT2D eigenvalue weighted by molar-refractivity contribution is 0.186. The largest absolute Gasteiger partial charge is 0.385 e. The highest BCUT2D eigenvalue weighted by molar-refractivity contribution is 5.85. The lowest BCUT2D eigenvalue weighted by Crippen LogP contribution is -2.42. The highest BCUT2D eigenvalue weighted by atomic mass is 16.5. The molecule has 3 aromatic rings. The van der Waals surface area contributed by atoms with Gasteiger partial charge >= 0.3 is 6.03 Å². The number of amides is 2. The van der Waals surface area contributed by atoms with Crippen molar-refractivity contribution in [1.29, 1.82) is 0 Å². The number of urea groups is 1. The van der Waals surface area contributed by atoms with Crippen LogP contribution in [0.3, 0.4) is 0 Å². The first-order chi connectivity index (χ1) is 13.8. The smallest absolute Gasteiger partial charge is 0.317 e. The number of hydrogen-bond acceptors (Lipinski definition) is 4. The number of carbonyl (C=O) groups excluding carboxylic acids is 1. The molecule has 0 spiro atoms. The number of aromatic nitrogens is 2. The Balaban J connectivity index is 1.50. The second-order valence-corrected chi connectivity index (χ2v) is 7.09. The molecule has 1 N–H and O–H groups in total. The van der Waals surface area contributed by atoms with Crippen molar-refractivity contribution in [3.63, 3.8) is 0 Å². The molecule has 0 saturated carbocycles. The second-order valence-electron chi connectivity index (χ2n) is 7.09. The first-order valence-electron chi connectivity index (χ1n) is 9.90. The molecular formula is C21H27N5O2. The lowest BCUT2D eigenvalue weighted by Gasteiger charge is -2.24. The van der Waals surface area contributed by atoms with Crippen molar-refractivity contribution >= 4 is 28.4 Å². The van der Waals surface area contributed by atoms with Crippen molar-refractivity contribution in [2.45, 2.75) is 12.8 Å². The van der Waals surface area contributed by atoms with Crippen LogP contribution in [0.5, 0.6) is 0 Å². The summed E-state index contributed by atoms with van der Waals surface area (Å²) in [7, 11) is 1.67. The van der Waals surface area contributed by atoms with Gasteiger partial charge in [-0.05, 0) is 37.1 Å². The molecule has 0 aliphatic carbocycles. The zero-order valence-corrected chi connectivity index (χ0v) is 16.3. The molecule has 7 nitrogen and oxygen atoms in total. The van der Waals surface area contributed by atoms with Crippen LogP contribution < -0.4 is 10.2 Å². The summed E-state index contributed by atoms with van der Waals surface area (Å²) >= 11 is 0. The van der Waals surface area contributed by atoms with Crippen LogP contribution in [-0.4, -0.2) is 66.8 Å². The number of carbonyl (C=O) groups is 1. The van der Waals surface area contributed by atoms with E-state index in [4.69, 9.17) is 9.72 Å². The third kappa shape index (κ3) is 3.75. The molecule has 1 fully saturated rings. The summed E-state index contributed by atoms with van der Waals surface area (Å²) < 4.78 is 7.23. The maximum Gasteiger partial charge on any atom is 0.317 e. The van der Waals surface area contributed by atoms with Crippen molar-refractivity contribution in [2.24, 2.45) is 0 Å². The summed E-state index contributed by atoms with van der Waals surface area (Å²) in [6, 6.07) is 12.4. The van der Waals surface area contributed by atoms with Crippen LogP contribution in [0.1, 0.15) is 12.8 Å². The minimum atomic E-state index is 0.0113. The molecule has 0 radical (unpaired) electrons. The fraction of sp³-hybridized carbons (Fsp3) is 0.429. The van der Waals surface area contributed by atoms with Gasteiger partial charge in [0.15, 0.2) is 5.82 Å². The molecule has 1 saturated heterocycles. The fourth-order valence-electron chi connectivity index (χ4n) is 3.80. The zero-order valence-electron chi connectivity index (χ0n) is 16.3.